The minimum atomic E-state index is -5.28. The number of nitrogens with zero attached hydrogens (tertiary/aromatic N) is 1. The molecule has 0 aliphatic carbocycles. The van der Waals surface area contributed by atoms with Crippen LogP contribution in [-0.2, 0) is 16.0 Å². The highest BCUT2D eigenvalue weighted by Crippen LogP contribution is 2.39. The van der Waals surface area contributed by atoms with Gasteiger partial charge in [-0.1, -0.05) is 25.1 Å². The number of alkyl halides is 3. The fraction of sp³-hybridized carbons (Fsp3) is 0.316. The van der Waals surface area contributed by atoms with E-state index in [4.69, 9.17) is 0 Å². The number of hydrogen-bond acceptors (Lipinski definition) is 6. The molecular formula is C19H18F3N3O3S. The summed E-state index contributed by atoms with van der Waals surface area (Å²) >= 11 is 0.891. The molecule has 29 heavy (non-hydrogen) atoms. The van der Waals surface area contributed by atoms with Gasteiger partial charge in [0, 0.05) is 10.4 Å². The van der Waals surface area contributed by atoms with Gasteiger partial charge in [0.05, 0.1) is 12.7 Å². The standard InChI is InChI=1S/C19H18F3N3O3S/c1-4-13-11(2)29-16(14(13)10-23)25-18(17(27)28-3,19(20,21)22)24-15(26)12-8-6-5-7-9-12/h5-9,25H,4H2,1-3H3,(H,24,26). The Morgan fingerprint density at radius 1 is 1.24 bits per heavy atom. The van der Waals surface area contributed by atoms with Crippen molar-refractivity contribution < 1.29 is 27.5 Å². The summed E-state index contributed by atoms with van der Waals surface area (Å²) in [5.41, 5.74) is -3.11. The molecule has 0 saturated heterocycles. The molecule has 6 nitrogen and oxygen atoms in total. The highest BCUT2D eigenvalue weighted by molar-refractivity contribution is 7.16. The van der Waals surface area contributed by atoms with E-state index in [9.17, 15) is 28.0 Å². The maximum absolute atomic E-state index is 14.1. The lowest BCUT2D eigenvalue weighted by molar-refractivity contribution is -0.203. The van der Waals surface area contributed by atoms with E-state index in [2.05, 4.69) is 10.1 Å². The van der Waals surface area contributed by atoms with Gasteiger partial charge in [0.2, 0.25) is 0 Å². The Bertz CT molecular complexity index is 951. The van der Waals surface area contributed by atoms with Gasteiger partial charge >= 0.3 is 17.8 Å². The zero-order chi connectivity index (χ0) is 21.8. The van der Waals surface area contributed by atoms with Crippen molar-refractivity contribution in [3.8, 4) is 6.07 Å². The number of carbonyl (C=O) groups excluding carboxylic acids is 2. The number of hydrogen-bond donors (Lipinski definition) is 2. The molecular weight excluding hydrogens is 407 g/mol. The summed E-state index contributed by atoms with van der Waals surface area (Å²) in [5.74, 6) is -2.90. The summed E-state index contributed by atoms with van der Waals surface area (Å²) in [4.78, 5) is 25.4. The smallest absolute Gasteiger partial charge is 0.441 e. The second-order valence-electron chi connectivity index (χ2n) is 5.99. The van der Waals surface area contributed by atoms with Crippen molar-refractivity contribution in [3.05, 3.63) is 51.9 Å². The monoisotopic (exact) mass is 425 g/mol. The van der Waals surface area contributed by atoms with Crippen LogP contribution in [-0.4, -0.2) is 30.8 Å². The second-order valence-corrected chi connectivity index (χ2v) is 7.22. The topological polar surface area (TPSA) is 91.2 Å². The predicted molar refractivity (Wildman–Crippen MR) is 101 cm³/mol. The van der Waals surface area contributed by atoms with Gasteiger partial charge in [0.1, 0.15) is 11.1 Å². The minimum Gasteiger partial charge on any atom is -0.466 e. The highest BCUT2D eigenvalue weighted by atomic mass is 32.1. The minimum absolute atomic E-state index is 0.0125. The van der Waals surface area contributed by atoms with Crippen LogP contribution in [0.25, 0.3) is 0 Å². The lowest BCUT2D eigenvalue weighted by Crippen LogP contribution is -2.69. The Kier molecular flexibility index (Phi) is 6.54. The molecule has 2 rings (SSSR count). The first-order valence-corrected chi connectivity index (χ1v) is 9.26. The van der Waals surface area contributed by atoms with Gasteiger partial charge in [0.15, 0.2) is 0 Å². The Labute approximate surface area is 169 Å². The molecule has 1 atom stereocenters. The number of anilines is 1. The molecule has 0 aliphatic heterocycles. The molecule has 154 valence electrons. The van der Waals surface area contributed by atoms with Gasteiger partial charge in [-0.3, -0.25) is 4.79 Å². The van der Waals surface area contributed by atoms with Crippen molar-refractivity contribution in [2.45, 2.75) is 32.1 Å². The van der Waals surface area contributed by atoms with Gasteiger partial charge < -0.3 is 15.4 Å². The number of ether oxygens (including phenoxy) is 1. The third-order valence-corrected chi connectivity index (χ3v) is 5.29. The SMILES string of the molecule is CCc1c(C)sc(NC(NC(=O)c2ccccc2)(C(=O)OC)C(F)(F)F)c1C#N. The van der Waals surface area contributed by atoms with Crippen LogP contribution in [0.1, 0.15) is 33.3 Å². The third kappa shape index (κ3) is 4.19. The average Bonchev–Trinajstić information content (AvgIpc) is 3.00. The number of benzene rings is 1. The molecule has 0 spiro atoms. The molecule has 0 saturated carbocycles. The molecule has 1 heterocycles. The molecule has 0 fully saturated rings. The van der Waals surface area contributed by atoms with Crippen molar-refractivity contribution in [1.29, 1.82) is 5.26 Å². The zero-order valence-electron chi connectivity index (χ0n) is 15.8. The summed E-state index contributed by atoms with van der Waals surface area (Å²) in [5, 5.41) is 13.0. The third-order valence-electron chi connectivity index (χ3n) is 4.23. The molecule has 10 heteroatoms. The van der Waals surface area contributed by atoms with Gasteiger partial charge in [-0.15, -0.1) is 11.3 Å². The van der Waals surface area contributed by atoms with Crippen LogP contribution in [0.3, 0.4) is 0 Å². The van der Waals surface area contributed by atoms with Crippen LogP contribution in [0.5, 0.6) is 0 Å². The largest absolute Gasteiger partial charge is 0.466 e. The van der Waals surface area contributed by atoms with Crippen LogP contribution in [0.2, 0.25) is 0 Å². The van der Waals surface area contributed by atoms with Gasteiger partial charge in [-0.2, -0.15) is 18.4 Å². The highest BCUT2D eigenvalue weighted by Gasteiger charge is 2.64. The van der Waals surface area contributed by atoms with Crippen LogP contribution in [0.15, 0.2) is 30.3 Å². The van der Waals surface area contributed by atoms with Crippen LogP contribution < -0.4 is 10.6 Å². The first kappa shape index (κ1) is 22.2. The quantitative estimate of drug-likeness (QED) is 0.543. The zero-order valence-corrected chi connectivity index (χ0v) is 16.6. The summed E-state index contributed by atoms with van der Waals surface area (Å²) in [6.07, 6.45) is -4.86. The fourth-order valence-corrected chi connectivity index (χ4v) is 3.91. The molecule has 0 radical (unpaired) electrons. The Hall–Kier alpha value is -3.06. The van der Waals surface area contributed by atoms with Gasteiger partial charge in [-0.05, 0) is 31.0 Å². The van der Waals surface area contributed by atoms with Crippen LogP contribution >= 0.6 is 11.3 Å². The van der Waals surface area contributed by atoms with Crippen molar-refractivity contribution >= 4 is 28.2 Å². The van der Waals surface area contributed by atoms with E-state index in [1.165, 1.54) is 24.3 Å². The van der Waals surface area contributed by atoms with E-state index < -0.39 is 23.7 Å². The fourth-order valence-electron chi connectivity index (χ4n) is 2.76. The normalized spacial score (nSPS) is 13.1. The van der Waals surface area contributed by atoms with Crippen molar-refractivity contribution in [2.75, 3.05) is 12.4 Å². The van der Waals surface area contributed by atoms with Crippen molar-refractivity contribution in [2.24, 2.45) is 0 Å². The molecule has 2 N–H and O–H groups in total. The van der Waals surface area contributed by atoms with E-state index in [-0.39, 0.29) is 16.1 Å². The van der Waals surface area contributed by atoms with Crippen LogP contribution in [0, 0.1) is 18.3 Å². The number of nitriles is 1. The molecule has 1 aromatic heterocycles. The number of rotatable bonds is 6. The van der Waals surface area contributed by atoms with Crippen molar-refractivity contribution in [3.63, 3.8) is 0 Å². The predicted octanol–water partition coefficient (Wildman–Crippen LogP) is 3.76. The van der Waals surface area contributed by atoms with E-state index in [0.29, 0.717) is 16.9 Å². The first-order valence-electron chi connectivity index (χ1n) is 8.44. The average molecular weight is 425 g/mol. The number of thiophene rings is 1. The number of nitrogens with one attached hydrogen (secondary N) is 2. The molecule has 2 aromatic rings. The van der Waals surface area contributed by atoms with E-state index >= 15 is 0 Å². The lowest BCUT2D eigenvalue weighted by Gasteiger charge is -2.34. The first-order chi connectivity index (χ1) is 13.6. The molecule has 1 amide bonds. The summed E-state index contributed by atoms with van der Waals surface area (Å²) in [7, 11) is 0.779. The van der Waals surface area contributed by atoms with Crippen molar-refractivity contribution in [1.82, 2.24) is 5.32 Å². The van der Waals surface area contributed by atoms with Crippen LogP contribution in [0.4, 0.5) is 18.2 Å². The molecule has 0 aliphatic rings. The van der Waals surface area contributed by atoms with E-state index in [0.717, 1.165) is 18.4 Å². The summed E-state index contributed by atoms with van der Waals surface area (Å²) in [6, 6.07) is 9.01. The summed E-state index contributed by atoms with van der Waals surface area (Å²) in [6.45, 7) is 3.42. The molecule has 0 bridgehead atoms. The van der Waals surface area contributed by atoms with E-state index in [1.54, 1.807) is 25.2 Å². The number of halogens is 3. The number of aryl methyl sites for hydroxylation is 1. The van der Waals surface area contributed by atoms with Gasteiger partial charge in [0.25, 0.3) is 5.91 Å². The molecule has 1 unspecified atom stereocenters. The number of esters is 1. The Morgan fingerprint density at radius 3 is 2.34 bits per heavy atom. The number of carbonyl (C=O) groups is 2. The maximum Gasteiger partial charge on any atom is 0.441 e. The Balaban J connectivity index is 2.61. The second kappa shape index (κ2) is 8.53. The maximum atomic E-state index is 14.1. The van der Waals surface area contributed by atoms with E-state index in [1.807, 2.05) is 6.07 Å². The number of methoxy groups -OCH3 is 1. The number of amides is 1. The summed E-state index contributed by atoms with van der Waals surface area (Å²) < 4.78 is 46.8. The Morgan fingerprint density at radius 2 is 1.86 bits per heavy atom. The molecule has 1 aromatic carbocycles. The lowest BCUT2D eigenvalue weighted by atomic mass is 10.1. The van der Waals surface area contributed by atoms with Gasteiger partial charge in [-0.25, -0.2) is 4.79 Å².